The van der Waals surface area contributed by atoms with E-state index in [2.05, 4.69) is 0 Å². The summed E-state index contributed by atoms with van der Waals surface area (Å²) in [5.74, 6) is -3.63. The fourth-order valence-electron chi connectivity index (χ4n) is 2.62. The first-order valence-electron chi connectivity index (χ1n) is 5.81. The van der Waals surface area contributed by atoms with E-state index in [1.54, 1.807) is 6.07 Å². The average molecular weight is 287 g/mol. The number of carboxylic acids is 1. The number of halogens is 3. The molecule has 1 aromatic rings. The second-order valence-electron chi connectivity index (χ2n) is 5.15. The van der Waals surface area contributed by atoms with Crippen molar-refractivity contribution in [3.63, 3.8) is 0 Å². The third kappa shape index (κ3) is 1.93. The van der Waals surface area contributed by atoms with Crippen LogP contribution in [0.5, 0.6) is 0 Å². The van der Waals surface area contributed by atoms with Gasteiger partial charge in [-0.15, -0.1) is 0 Å². The molecule has 2 rings (SSSR count). The van der Waals surface area contributed by atoms with Crippen molar-refractivity contribution < 1.29 is 27.9 Å². The number of aliphatic carboxylic acids is 1. The van der Waals surface area contributed by atoms with Crippen LogP contribution in [0, 0.1) is 0 Å². The molecule has 1 aliphatic rings. The molecule has 0 aromatic heterocycles. The average Bonchev–Trinajstić information content (AvgIpc) is 2.56. The van der Waals surface area contributed by atoms with E-state index in [-0.39, 0.29) is 5.69 Å². The van der Waals surface area contributed by atoms with Gasteiger partial charge in [0.15, 0.2) is 0 Å². The Morgan fingerprint density at radius 1 is 1.25 bits per heavy atom. The maximum atomic E-state index is 12.7. The summed E-state index contributed by atoms with van der Waals surface area (Å²) in [6.45, 7) is 3.02. The molecule has 0 saturated heterocycles. The van der Waals surface area contributed by atoms with Gasteiger partial charge in [-0.2, -0.15) is 13.2 Å². The van der Waals surface area contributed by atoms with Crippen molar-refractivity contribution in [3.05, 3.63) is 29.8 Å². The van der Waals surface area contributed by atoms with Crippen LogP contribution in [0.4, 0.5) is 18.9 Å². The molecule has 0 bridgehead atoms. The summed E-state index contributed by atoms with van der Waals surface area (Å²) in [7, 11) is 0. The smallest absolute Gasteiger partial charge is 0.471 e. The van der Waals surface area contributed by atoms with Crippen LogP contribution in [0.25, 0.3) is 0 Å². The van der Waals surface area contributed by atoms with E-state index < -0.39 is 29.5 Å². The van der Waals surface area contributed by atoms with Gasteiger partial charge in [-0.1, -0.05) is 32.0 Å². The Bertz CT molecular complexity index is 580. The zero-order chi connectivity index (χ0) is 15.3. The Labute approximate surface area is 112 Å². The first-order chi connectivity index (χ1) is 9.08. The molecule has 108 valence electrons. The molecule has 1 unspecified atom stereocenters. The Hall–Kier alpha value is -2.05. The van der Waals surface area contributed by atoms with E-state index >= 15 is 0 Å². The quantitative estimate of drug-likeness (QED) is 0.862. The molecule has 4 nitrogen and oxygen atoms in total. The van der Waals surface area contributed by atoms with E-state index in [0.29, 0.717) is 10.5 Å². The molecule has 0 fully saturated rings. The highest BCUT2D eigenvalue weighted by atomic mass is 19.4. The number of carbonyl (C=O) groups is 2. The van der Waals surface area contributed by atoms with Crippen LogP contribution in [0.2, 0.25) is 0 Å². The number of carboxylic acid groups (broad SMARTS) is 1. The van der Waals surface area contributed by atoms with Crippen LogP contribution < -0.4 is 4.90 Å². The molecule has 1 atom stereocenters. The summed E-state index contributed by atoms with van der Waals surface area (Å²) >= 11 is 0. The van der Waals surface area contributed by atoms with Crippen LogP contribution in [0.15, 0.2) is 24.3 Å². The monoisotopic (exact) mass is 287 g/mol. The van der Waals surface area contributed by atoms with E-state index in [0.717, 1.165) is 0 Å². The first kappa shape index (κ1) is 14.4. The van der Waals surface area contributed by atoms with Gasteiger partial charge in [-0.3, -0.25) is 9.69 Å². The Morgan fingerprint density at radius 2 is 1.80 bits per heavy atom. The van der Waals surface area contributed by atoms with Gasteiger partial charge in [0.2, 0.25) is 0 Å². The lowest BCUT2D eigenvalue weighted by Crippen LogP contribution is -2.53. The number of amides is 1. The minimum atomic E-state index is -5.12. The molecule has 1 aliphatic heterocycles. The van der Waals surface area contributed by atoms with Crippen molar-refractivity contribution in [1.82, 2.24) is 0 Å². The summed E-state index contributed by atoms with van der Waals surface area (Å²) < 4.78 is 38.1. The van der Waals surface area contributed by atoms with Crippen molar-refractivity contribution >= 4 is 17.6 Å². The van der Waals surface area contributed by atoms with Crippen LogP contribution >= 0.6 is 0 Å². The van der Waals surface area contributed by atoms with Gasteiger partial charge in [0.05, 0.1) is 0 Å². The number of alkyl halides is 3. The van der Waals surface area contributed by atoms with E-state index in [9.17, 15) is 27.9 Å². The van der Waals surface area contributed by atoms with Crippen LogP contribution in [-0.4, -0.2) is 29.2 Å². The number of anilines is 1. The number of fused-ring (bicyclic) bond motifs is 1. The lowest BCUT2D eigenvalue weighted by molar-refractivity contribution is -0.172. The molecular weight excluding hydrogens is 275 g/mol. The standard InChI is InChI=1S/C13H12F3NO3/c1-12(2)7-5-3-4-6-8(7)17(9(12)10(18)19)11(20)13(14,15)16/h3-6,9H,1-2H3,(H,18,19). The van der Waals surface area contributed by atoms with Crippen LogP contribution in [0.3, 0.4) is 0 Å². The molecular formula is C13H12F3NO3. The Morgan fingerprint density at radius 3 is 2.30 bits per heavy atom. The number of hydrogen-bond acceptors (Lipinski definition) is 2. The zero-order valence-corrected chi connectivity index (χ0v) is 10.7. The fraction of sp³-hybridized carbons (Fsp3) is 0.385. The third-order valence-corrected chi connectivity index (χ3v) is 3.49. The minimum Gasteiger partial charge on any atom is -0.480 e. The number of rotatable bonds is 1. The van der Waals surface area contributed by atoms with Crippen molar-refractivity contribution in [3.8, 4) is 0 Å². The first-order valence-corrected chi connectivity index (χ1v) is 5.81. The van der Waals surface area contributed by atoms with E-state index in [1.165, 1.54) is 32.0 Å². The Balaban J connectivity index is 2.65. The highest BCUT2D eigenvalue weighted by Gasteiger charge is 2.56. The summed E-state index contributed by atoms with van der Waals surface area (Å²) in [5.41, 5.74) is -0.708. The molecule has 0 spiro atoms. The maximum Gasteiger partial charge on any atom is 0.471 e. The lowest BCUT2D eigenvalue weighted by atomic mass is 9.80. The maximum absolute atomic E-state index is 12.7. The molecule has 0 radical (unpaired) electrons. The number of carbonyl (C=O) groups excluding carboxylic acids is 1. The van der Waals surface area contributed by atoms with Crippen molar-refractivity contribution in [1.29, 1.82) is 0 Å². The van der Waals surface area contributed by atoms with Gasteiger partial charge in [0.25, 0.3) is 0 Å². The fourth-order valence-corrected chi connectivity index (χ4v) is 2.62. The van der Waals surface area contributed by atoms with Gasteiger partial charge in [0, 0.05) is 11.1 Å². The number of nitrogens with zero attached hydrogens (tertiary/aromatic N) is 1. The van der Waals surface area contributed by atoms with Crippen molar-refractivity contribution in [2.24, 2.45) is 0 Å². The lowest BCUT2D eigenvalue weighted by Gasteiger charge is -2.29. The SMILES string of the molecule is CC1(C)c2ccccc2N(C(=O)C(F)(F)F)C1C(=O)O. The highest BCUT2D eigenvalue weighted by molar-refractivity contribution is 6.05. The highest BCUT2D eigenvalue weighted by Crippen LogP contribution is 2.46. The van der Waals surface area contributed by atoms with Gasteiger partial charge >= 0.3 is 18.1 Å². The molecule has 20 heavy (non-hydrogen) atoms. The van der Waals surface area contributed by atoms with Crippen LogP contribution in [0.1, 0.15) is 19.4 Å². The summed E-state index contributed by atoms with van der Waals surface area (Å²) in [6.07, 6.45) is -5.12. The molecule has 1 amide bonds. The van der Waals surface area contributed by atoms with Crippen molar-refractivity contribution in [2.45, 2.75) is 31.5 Å². The number of hydrogen-bond donors (Lipinski definition) is 1. The van der Waals surface area contributed by atoms with Gasteiger partial charge < -0.3 is 5.11 Å². The minimum absolute atomic E-state index is 0.00720. The summed E-state index contributed by atoms with van der Waals surface area (Å²) in [4.78, 5) is 23.3. The van der Waals surface area contributed by atoms with Gasteiger partial charge in [-0.25, -0.2) is 4.79 Å². The second-order valence-corrected chi connectivity index (χ2v) is 5.15. The van der Waals surface area contributed by atoms with Gasteiger partial charge in [0.1, 0.15) is 6.04 Å². The summed E-state index contributed by atoms with van der Waals surface area (Å²) in [5, 5.41) is 9.24. The summed E-state index contributed by atoms with van der Waals surface area (Å²) in [6, 6.07) is 4.34. The normalized spacial score (nSPS) is 20.6. The van der Waals surface area contributed by atoms with E-state index in [1.807, 2.05) is 0 Å². The molecule has 7 heteroatoms. The number of para-hydroxylation sites is 1. The third-order valence-electron chi connectivity index (χ3n) is 3.49. The predicted octanol–water partition coefficient (Wildman–Crippen LogP) is 2.33. The van der Waals surface area contributed by atoms with E-state index in [4.69, 9.17) is 0 Å². The largest absolute Gasteiger partial charge is 0.480 e. The zero-order valence-electron chi connectivity index (χ0n) is 10.7. The van der Waals surface area contributed by atoms with Crippen molar-refractivity contribution in [2.75, 3.05) is 4.90 Å². The molecule has 1 heterocycles. The molecule has 1 N–H and O–H groups in total. The number of benzene rings is 1. The predicted molar refractivity (Wildman–Crippen MR) is 64.4 cm³/mol. The molecule has 1 aromatic carbocycles. The van der Waals surface area contributed by atoms with Gasteiger partial charge in [-0.05, 0) is 11.6 Å². The second kappa shape index (κ2) is 4.22. The van der Waals surface area contributed by atoms with Crippen LogP contribution in [-0.2, 0) is 15.0 Å². The molecule has 0 aliphatic carbocycles. The topological polar surface area (TPSA) is 57.6 Å². The molecule has 0 saturated carbocycles. The Kier molecular flexibility index (Phi) is 3.03.